The molecule has 0 aromatic heterocycles. The molecule has 136 valence electrons. The van der Waals surface area contributed by atoms with Crippen LogP contribution in [0.1, 0.15) is 63.4 Å². The molecule has 1 aliphatic rings. The SMILES string of the molecule is C=CCCCc1ccc(OC(=O)C2CCC(CCCC=C)CC2)cc1. The van der Waals surface area contributed by atoms with Crippen molar-refractivity contribution >= 4 is 5.97 Å². The Balaban J connectivity index is 1.73. The molecule has 1 aromatic carbocycles. The summed E-state index contributed by atoms with van der Waals surface area (Å²) < 4.78 is 5.60. The molecule has 0 aliphatic heterocycles. The molecule has 0 saturated heterocycles. The maximum atomic E-state index is 12.4. The number of hydrogen-bond acceptors (Lipinski definition) is 2. The largest absolute Gasteiger partial charge is 0.426 e. The minimum Gasteiger partial charge on any atom is -0.426 e. The van der Waals surface area contributed by atoms with Crippen LogP contribution >= 0.6 is 0 Å². The summed E-state index contributed by atoms with van der Waals surface area (Å²) in [4.78, 5) is 12.4. The van der Waals surface area contributed by atoms with Crippen LogP contribution in [0.15, 0.2) is 49.6 Å². The molecular weight excluding hydrogens is 308 g/mol. The highest BCUT2D eigenvalue weighted by atomic mass is 16.5. The first-order valence-electron chi connectivity index (χ1n) is 9.75. The van der Waals surface area contributed by atoms with Gasteiger partial charge in [0.15, 0.2) is 0 Å². The summed E-state index contributed by atoms with van der Waals surface area (Å²) in [6.07, 6.45) is 15.0. The van der Waals surface area contributed by atoms with Crippen LogP contribution in [0, 0.1) is 11.8 Å². The second-order valence-electron chi connectivity index (χ2n) is 7.18. The van der Waals surface area contributed by atoms with E-state index < -0.39 is 0 Å². The van der Waals surface area contributed by atoms with E-state index in [1.165, 1.54) is 18.4 Å². The van der Waals surface area contributed by atoms with E-state index in [0.717, 1.165) is 57.3 Å². The Bertz CT molecular complexity index is 536. The Labute approximate surface area is 153 Å². The molecule has 0 amide bonds. The number of ether oxygens (including phenoxy) is 1. The van der Waals surface area contributed by atoms with Crippen LogP contribution in [-0.2, 0) is 11.2 Å². The Kier molecular flexibility index (Phi) is 8.51. The monoisotopic (exact) mass is 340 g/mol. The van der Waals surface area contributed by atoms with Crippen molar-refractivity contribution in [2.75, 3.05) is 0 Å². The number of unbranched alkanes of at least 4 members (excludes halogenated alkanes) is 2. The van der Waals surface area contributed by atoms with Gasteiger partial charge in [0.25, 0.3) is 0 Å². The van der Waals surface area contributed by atoms with E-state index in [0.29, 0.717) is 5.75 Å². The predicted molar refractivity (Wildman–Crippen MR) is 105 cm³/mol. The number of hydrogen-bond donors (Lipinski definition) is 0. The normalized spacial score (nSPS) is 20.0. The molecule has 25 heavy (non-hydrogen) atoms. The van der Waals surface area contributed by atoms with Crippen LogP contribution in [-0.4, -0.2) is 5.97 Å². The van der Waals surface area contributed by atoms with Crippen molar-refractivity contribution in [1.82, 2.24) is 0 Å². The lowest BCUT2D eigenvalue weighted by Gasteiger charge is -2.27. The van der Waals surface area contributed by atoms with Gasteiger partial charge in [-0.2, -0.15) is 0 Å². The molecule has 0 bridgehead atoms. The summed E-state index contributed by atoms with van der Waals surface area (Å²) in [7, 11) is 0. The van der Waals surface area contributed by atoms with E-state index in [2.05, 4.69) is 25.3 Å². The Hall–Kier alpha value is -1.83. The summed E-state index contributed by atoms with van der Waals surface area (Å²) in [5, 5.41) is 0. The molecule has 1 aromatic rings. The number of carbonyl (C=O) groups is 1. The number of carbonyl (C=O) groups excluding carboxylic acids is 1. The van der Waals surface area contributed by atoms with Crippen LogP contribution in [0.3, 0.4) is 0 Å². The maximum absolute atomic E-state index is 12.4. The summed E-state index contributed by atoms with van der Waals surface area (Å²) in [5.74, 6) is 1.47. The molecular formula is C23H32O2. The molecule has 2 heteroatoms. The van der Waals surface area contributed by atoms with E-state index in [1.54, 1.807) is 0 Å². The molecule has 0 heterocycles. The van der Waals surface area contributed by atoms with Crippen LogP contribution in [0.5, 0.6) is 5.75 Å². The molecule has 0 N–H and O–H groups in total. The Morgan fingerprint density at radius 3 is 2.28 bits per heavy atom. The first-order chi connectivity index (χ1) is 12.2. The highest BCUT2D eigenvalue weighted by molar-refractivity contribution is 5.75. The number of aryl methyl sites for hydroxylation is 1. The van der Waals surface area contributed by atoms with Crippen molar-refractivity contribution in [2.45, 2.75) is 64.2 Å². The topological polar surface area (TPSA) is 26.3 Å². The zero-order valence-corrected chi connectivity index (χ0v) is 15.4. The summed E-state index contributed by atoms with van der Waals surface area (Å²) in [5.41, 5.74) is 1.28. The van der Waals surface area contributed by atoms with E-state index in [4.69, 9.17) is 4.74 Å². The zero-order chi connectivity index (χ0) is 17.9. The van der Waals surface area contributed by atoms with Gasteiger partial charge in [0, 0.05) is 0 Å². The van der Waals surface area contributed by atoms with Crippen LogP contribution in [0.4, 0.5) is 0 Å². The molecule has 0 spiro atoms. The van der Waals surface area contributed by atoms with Crippen LogP contribution in [0.2, 0.25) is 0 Å². The van der Waals surface area contributed by atoms with Crippen molar-refractivity contribution in [3.8, 4) is 5.75 Å². The fourth-order valence-electron chi connectivity index (χ4n) is 3.61. The van der Waals surface area contributed by atoms with Crippen LogP contribution < -0.4 is 4.74 Å². The molecule has 2 rings (SSSR count). The second-order valence-corrected chi connectivity index (χ2v) is 7.18. The quantitative estimate of drug-likeness (QED) is 0.217. The van der Waals surface area contributed by atoms with Crippen molar-refractivity contribution in [3.63, 3.8) is 0 Å². The van der Waals surface area contributed by atoms with Crippen molar-refractivity contribution in [3.05, 3.63) is 55.1 Å². The number of benzene rings is 1. The van der Waals surface area contributed by atoms with E-state index >= 15 is 0 Å². The standard InChI is InChI=1S/C23H32O2/c1-3-5-7-9-19-11-15-21(16-12-19)23(24)25-22-17-13-20(14-18-22)10-8-6-4-2/h3-4,13-14,17-19,21H,1-2,5-12,15-16H2. The van der Waals surface area contributed by atoms with Crippen molar-refractivity contribution in [1.29, 1.82) is 0 Å². The highest BCUT2D eigenvalue weighted by Gasteiger charge is 2.27. The number of allylic oxidation sites excluding steroid dienone is 2. The molecule has 1 fully saturated rings. The summed E-state index contributed by atoms with van der Waals surface area (Å²) >= 11 is 0. The third kappa shape index (κ3) is 6.89. The Morgan fingerprint density at radius 2 is 1.64 bits per heavy atom. The van der Waals surface area contributed by atoms with Crippen molar-refractivity contribution < 1.29 is 9.53 Å². The fraction of sp³-hybridized carbons (Fsp3) is 0.522. The average molecular weight is 341 g/mol. The van der Waals surface area contributed by atoms with Crippen molar-refractivity contribution in [2.24, 2.45) is 11.8 Å². The van der Waals surface area contributed by atoms with Gasteiger partial charge in [-0.1, -0.05) is 30.7 Å². The van der Waals surface area contributed by atoms with E-state index in [1.807, 2.05) is 24.3 Å². The van der Waals surface area contributed by atoms with E-state index in [-0.39, 0.29) is 11.9 Å². The van der Waals surface area contributed by atoms with Gasteiger partial charge in [0.05, 0.1) is 5.92 Å². The Morgan fingerprint density at radius 1 is 1.00 bits per heavy atom. The lowest BCUT2D eigenvalue weighted by molar-refractivity contribution is -0.140. The summed E-state index contributed by atoms with van der Waals surface area (Å²) in [6, 6.07) is 7.95. The average Bonchev–Trinajstić information content (AvgIpc) is 2.64. The second kappa shape index (κ2) is 10.9. The van der Waals surface area contributed by atoms with Gasteiger partial charge in [-0.05, 0) is 81.4 Å². The zero-order valence-electron chi connectivity index (χ0n) is 15.4. The minimum absolute atomic E-state index is 0.0519. The lowest BCUT2D eigenvalue weighted by Crippen LogP contribution is -2.25. The molecule has 0 radical (unpaired) electrons. The predicted octanol–water partition coefficient (Wildman–Crippen LogP) is 6.26. The first-order valence-corrected chi connectivity index (χ1v) is 9.75. The lowest BCUT2D eigenvalue weighted by atomic mass is 9.80. The van der Waals surface area contributed by atoms with Gasteiger partial charge >= 0.3 is 5.97 Å². The first kappa shape index (κ1) is 19.5. The van der Waals surface area contributed by atoms with Gasteiger partial charge in [-0.3, -0.25) is 4.79 Å². The van der Waals surface area contributed by atoms with Gasteiger partial charge in [0.1, 0.15) is 5.75 Å². The number of rotatable bonds is 10. The fourth-order valence-corrected chi connectivity index (χ4v) is 3.61. The molecule has 0 atom stereocenters. The third-order valence-electron chi connectivity index (χ3n) is 5.22. The summed E-state index contributed by atoms with van der Waals surface area (Å²) in [6.45, 7) is 7.52. The highest BCUT2D eigenvalue weighted by Crippen LogP contribution is 2.33. The number of esters is 1. The molecule has 0 unspecified atom stereocenters. The molecule has 2 nitrogen and oxygen atoms in total. The van der Waals surface area contributed by atoms with E-state index in [9.17, 15) is 4.79 Å². The maximum Gasteiger partial charge on any atom is 0.314 e. The molecule has 1 aliphatic carbocycles. The van der Waals surface area contributed by atoms with Crippen LogP contribution in [0.25, 0.3) is 0 Å². The third-order valence-corrected chi connectivity index (χ3v) is 5.22. The van der Waals surface area contributed by atoms with Gasteiger partial charge in [-0.15, -0.1) is 13.2 Å². The van der Waals surface area contributed by atoms with Gasteiger partial charge in [-0.25, -0.2) is 0 Å². The van der Waals surface area contributed by atoms with Gasteiger partial charge in [0.2, 0.25) is 0 Å². The smallest absolute Gasteiger partial charge is 0.314 e. The minimum atomic E-state index is -0.0519. The molecule has 1 saturated carbocycles. The van der Waals surface area contributed by atoms with Gasteiger partial charge < -0.3 is 4.74 Å².